The fourth-order valence-electron chi connectivity index (χ4n) is 1.81. The molecule has 1 aliphatic rings. The molecule has 1 unspecified atom stereocenters. The lowest BCUT2D eigenvalue weighted by atomic mass is 9.90. The first-order valence-electron chi connectivity index (χ1n) is 7.07. The van der Waals surface area contributed by atoms with Crippen molar-refractivity contribution in [2.75, 3.05) is 0 Å². The smallest absolute Gasteiger partial charge is 0.234 e. The van der Waals surface area contributed by atoms with Crippen LogP contribution in [0.15, 0.2) is 24.3 Å². The van der Waals surface area contributed by atoms with E-state index >= 15 is 0 Å². The summed E-state index contributed by atoms with van der Waals surface area (Å²) in [5.41, 5.74) is 2.16. The molecule has 2 rings (SSSR count). The number of hydrogen-bond donors (Lipinski definition) is 1. The average molecular weight is 263 g/mol. The van der Waals surface area contributed by atoms with Gasteiger partial charge in [-0.1, -0.05) is 57.5 Å². The molecule has 2 amide bonds. The van der Waals surface area contributed by atoms with Gasteiger partial charge in [0.1, 0.15) is 0 Å². The molecule has 0 aromatic heterocycles. The van der Waals surface area contributed by atoms with Crippen LogP contribution in [0.3, 0.4) is 0 Å². The van der Waals surface area contributed by atoms with Crippen molar-refractivity contribution in [1.29, 1.82) is 0 Å². The number of aryl methyl sites for hydroxylation is 1. The minimum Gasteiger partial charge on any atom is -0.296 e. The van der Waals surface area contributed by atoms with Gasteiger partial charge in [-0.3, -0.25) is 14.9 Å². The fraction of sp³-hybridized carbons (Fsp3) is 0.500. The van der Waals surface area contributed by atoms with Gasteiger partial charge in [0, 0.05) is 6.42 Å². The zero-order chi connectivity index (χ0) is 14.8. The van der Waals surface area contributed by atoms with Gasteiger partial charge in [0.25, 0.3) is 0 Å². The van der Waals surface area contributed by atoms with E-state index in [9.17, 15) is 9.59 Å². The maximum atomic E-state index is 11.6. The van der Waals surface area contributed by atoms with E-state index in [1.54, 1.807) is 0 Å². The summed E-state index contributed by atoms with van der Waals surface area (Å²) in [5.74, 6) is -0.498. The molecule has 3 nitrogen and oxygen atoms in total. The third kappa shape index (κ3) is 5.25. The number of carbonyl (C=O) groups is 2. The van der Waals surface area contributed by atoms with Gasteiger partial charge in [-0.15, -0.1) is 0 Å². The standard InChI is InChI=1S/C12H13NO2.2C2H6/c1-8-2-4-9(5-3-8)10-6-7-11(14)13-12(10)15;2*1-2/h2-5,10H,6-7H2,1H3,(H,13,14,15);2*1-2H3. The third-order valence-corrected chi connectivity index (χ3v) is 2.72. The molecule has 106 valence electrons. The lowest BCUT2D eigenvalue weighted by molar-refractivity contribution is -0.134. The average Bonchev–Trinajstić information content (AvgIpc) is 2.45. The summed E-state index contributed by atoms with van der Waals surface area (Å²) in [5, 5.41) is 2.36. The quantitative estimate of drug-likeness (QED) is 0.787. The van der Waals surface area contributed by atoms with E-state index in [2.05, 4.69) is 5.32 Å². The predicted molar refractivity (Wildman–Crippen MR) is 79.0 cm³/mol. The maximum Gasteiger partial charge on any atom is 0.234 e. The molecule has 1 atom stereocenters. The molecule has 1 aromatic rings. The number of amides is 2. The number of benzene rings is 1. The first-order chi connectivity index (χ1) is 9.16. The van der Waals surface area contributed by atoms with Gasteiger partial charge in [0.2, 0.25) is 11.8 Å². The second kappa shape index (κ2) is 9.31. The molecule has 1 fully saturated rings. The summed E-state index contributed by atoms with van der Waals surface area (Å²) in [6.07, 6.45) is 1.05. The number of nitrogens with one attached hydrogen (secondary N) is 1. The van der Waals surface area contributed by atoms with E-state index in [1.807, 2.05) is 58.9 Å². The van der Waals surface area contributed by atoms with Crippen LogP contribution >= 0.6 is 0 Å². The van der Waals surface area contributed by atoms with Crippen molar-refractivity contribution >= 4 is 11.8 Å². The van der Waals surface area contributed by atoms with Crippen LogP contribution in [-0.4, -0.2) is 11.8 Å². The van der Waals surface area contributed by atoms with Crippen molar-refractivity contribution in [3.05, 3.63) is 35.4 Å². The van der Waals surface area contributed by atoms with E-state index in [-0.39, 0.29) is 17.7 Å². The largest absolute Gasteiger partial charge is 0.296 e. The van der Waals surface area contributed by atoms with Crippen LogP contribution in [0.1, 0.15) is 57.6 Å². The van der Waals surface area contributed by atoms with Crippen LogP contribution < -0.4 is 5.32 Å². The van der Waals surface area contributed by atoms with E-state index in [0.29, 0.717) is 12.8 Å². The van der Waals surface area contributed by atoms with Gasteiger partial charge in [0.15, 0.2) is 0 Å². The molecule has 1 heterocycles. The Kier molecular flexibility index (Phi) is 8.51. The molecule has 1 N–H and O–H groups in total. The van der Waals surface area contributed by atoms with Gasteiger partial charge in [-0.25, -0.2) is 0 Å². The summed E-state index contributed by atoms with van der Waals surface area (Å²) in [6.45, 7) is 10.0. The number of carbonyl (C=O) groups excluding carboxylic acids is 2. The Morgan fingerprint density at radius 1 is 1.00 bits per heavy atom. The monoisotopic (exact) mass is 263 g/mol. The highest BCUT2D eigenvalue weighted by Crippen LogP contribution is 2.24. The molecule has 3 heteroatoms. The number of hydrogen-bond acceptors (Lipinski definition) is 2. The topological polar surface area (TPSA) is 46.2 Å². The van der Waals surface area contributed by atoms with Crippen molar-refractivity contribution in [2.45, 2.75) is 53.4 Å². The second-order valence-corrected chi connectivity index (χ2v) is 3.91. The zero-order valence-electron chi connectivity index (χ0n) is 12.6. The SMILES string of the molecule is CC.CC.Cc1ccc(C2CCC(=O)NC2=O)cc1. The Hall–Kier alpha value is -1.64. The first kappa shape index (κ1) is 17.4. The molecule has 1 saturated heterocycles. The Morgan fingerprint density at radius 2 is 1.53 bits per heavy atom. The van der Waals surface area contributed by atoms with Crippen molar-refractivity contribution < 1.29 is 9.59 Å². The van der Waals surface area contributed by atoms with Gasteiger partial charge in [-0.2, -0.15) is 0 Å². The Labute approximate surface area is 116 Å². The zero-order valence-corrected chi connectivity index (χ0v) is 12.6. The van der Waals surface area contributed by atoms with Crippen LogP contribution in [-0.2, 0) is 9.59 Å². The number of rotatable bonds is 1. The second-order valence-electron chi connectivity index (χ2n) is 3.91. The van der Waals surface area contributed by atoms with Crippen molar-refractivity contribution in [1.82, 2.24) is 5.32 Å². The Balaban J connectivity index is 0.000000741. The highest BCUT2D eigenvalue weighted by Gasteiger charge is 2.27. The molecule has 0 saturated carbocycles. The van der Waals surface area contributed by atoms with Gasteiger partial charge in [0.05, 0.1) is 5.92 Å². The lowest BCUT2D eigenvalue weighted by Gasteiger charge is -2.21. The van der Waals surface area contributed by atoms with E-state index in [1.165, 1.54) is 5.56 Å². The lowest BCUT2D eigenvalue weighted by Crippen LogP contribution is -2.39. The van der Waals surface area contributed by atoms with Crippen molar-refractivity contribution in [3.8, 4) is 0 Å². The van der Waals surface area contributed by atoms with E-state index in [0.717, 1.165) is 5.56 Å². The fourth-order valence-corrected chi connectivity index (χ4v) is 1.81. The van der Waals surface area contributed by atoms with Gasteiger partial charge in [-0.05, 0) is 18.9 Å². The minimum atomic E-state index is -0.171. The summed E-state index contributed by atoms with van der Waals surface area (Å²) in [6, 6.07) is 7.88. The molecule has 1 aliphatic heterocycles. The normalized spacial score (nSPS) is 17.4. The molecule has 19 heavy (non-hydrogen) atoms. The Morgan fingerprint density at radius 3 is 2.00 bits per heavy atom. The Bertz CT molecular complexity index is 396. The first-order valence-corrected chi connectivity index (χ1v) is 7.07. The summed E-state index contributed by atoms with van der Waals surface area (Å²) in [7, 11) is 0. The van der Waals surface area contributed by atoms with E-state index in [4.69, 9.17) is 0 Å². The number of imide groups is 1. The molecular formula is C16H25NO2. The molecule has 0 bridgehead atoms. The summed E-state index contributed by atoms with van der Waals surface area (Å²) in [4.78, 5) is 22.5. The molecule has 0 spiro atoms. The van der Waals surface area contributed by atoms with Crippen LogP contribution in [0.5, 0.6) is 0 Å². The van der Waals surface area contributed by atoms with Crippen LogP contribution in [0.4, 0.5) is 0 Å². The van der Waals surface area contributed by atoms with Gasteiger partial charge < -0.3 is 0 Å². The van der Waals surface area contributed by atoms with Crippen LogP contribution in [0.25, 0.3) is 0 Å². The third-order valence-electron chi connectivity index (χ3n) is 2.72. The predicted octanol–water partition coefficient (Wildman–Crippen LogP) is 3.57. The molecule has 0 radical (unpaired) electrons. The minimum absolute atomic E-state index is 0.164. The number of piperidine rings is 1. The van der Waals surface area contributed by atoms with Crippen LogP contribution in [0, 0.1) is 6.92 Å². The maximum absolute atomic E-state index is 11.6. The highest BCUT2D eigenvalue weighted by atomic mass is 16.2. The highest BCUT2D eigenvalue weighted by molar-refractivity contribution is 6.00. The summed E-state index contributed by atoms with van der Waals surface area (Å²) < 4.78 is 0. The van der Waals surface area contributed by atoms with Gasteiger partial charge >= 0.3 is 0 Å². The molecular weight excluding hydrogens is 238 g/mol. The van der Waals surface area contributed by atoms with Crippen molar-refractivity contribution in [3.63, 3.8) is 0 Å². The molecule has 0 aliphatic carbocycles. The van der Waals surface area contributed by atoms with Crippen LogP contribution in [0.2, 0.25) is 0 Å². The van der Waals surface area contributed by atoms with E-state index < -0.39 is 0 Å². The summed E-state index contributed by atoms with van der Waals surface area (Å²) >= 11 is 0. The van der Waals surface area contributed by atoms with Crippen molar-refractivity contribution in [2.24, 2.45) is 0 Å². The molecule has 1 aromatic carbocycles.